The highest BCUT2D eigenvalue weighted by molar-refractivity contribution is 6.00. The van der Waals surface area contributed by atoms with Crippen LogP contribution >= 0.6 is 0 Å². The van der Waals surface area contributed by atoms with Crippen molar-refractivity contribution in [1.82, 2.24) is 20.1 Å². The van der Waals surface area contributed by atoms with Crippen LogP contribution in [0.25, 0.3) is 11.1 Å². The van der Waals surface area contributed by atoms with E-state index in [1.54, 1.807) is 12.1 Å². The van der Waals surface area contributed by atoms with Gasteiger partial charge in [0.1, 0.15) is 5.67 Å². The van der Waals surface area contributed by atoms with E-state index in [0.717, 1.165) is 75.5 Å². The molecule has 0 aliphatic heterocycles. The molecule has 3 atom stereocenters. The zero-order valence-corrected chi connectivity index (χ0v) is 24.7. The van der Waals surface area contributed by atoms with E-state index in [9.17, 15) is 22.4 Å². The number of hydrogen-bond donors (Lipinski definition) is 0. The summed E-state index contributed by atoms with van der Waals surface area (Å²) >= 11 is 0. The first kappa shape index (κ1) is 28.1. The van der Waals surface area contributed by atoms with E-state index in [1.165, 1.54) is 0 Å². The molecule has 6 saturated carbocycles. The third-order valence-corrected chi connectivity index (χ3v) is 11.4. The van der Waals surface area contributed by atoms with E-state index in [2.05, 4.69) is 22.0 Å². The number of carbonyl (C=O) groups excluding carboxylic acids is 1. The van der Waals surface area contributed by atoms with Gasteiger partial charge in [0.15, 0.2) is 5.82 Å². The van der Waals surface area contributed by atoms with Crippen LogP contribution in [0.15, 0.2) is 41.2 Å². The van der Waals surface area contributed by atoms with E-state index in [4.69, 9.17) is 9.51 Å². The van der Waals surface area contributed by atoms with Crippen molar-refractivity contribution < 1.29 is 26.9 Å². The maximum atomic E-state index is 14.6. The van der Waals surface area contributed by atoms with Gasteiger partial charge in [-0.05, 0) is 87.3 Å². The number of alkyl halides is 4. The minimum atomic E-state index is -4.63. The van der Waals surface area contributed by atoms with Crippen LogP contribution in [0, 0.1) is 17.3 Å². The molecule has 2 aromatic heterocycles. The second kappa shape index (κ2) is 9.33. The van der Waals surface area contributed by atoms with Crippen molar-refractivity contribution >= 4 is 11.6 Å². The van der Waals surface area contributed by atoms with Crippen molar-refractivity contribution in [2.24, 2.45) is 17.3 Å². The van der Waals surface area contributed by atoms with Gasteiger partial charge in [0.2, 0.25) is 17.6 Å². The molecule has 7 nitrogen and oxygen atoms in total. The molecule has 4 bridgehead atoms. The van der Waals surface area contributed by atoms with Crippen molar-refractivity contribution in [2.45, 2.75) is 100 Å². The van der Waals surface area contributed by atoms with Crippen molar-refractivity contribution in [3.8, 4) is 11.1 Å². The summed E-state index contributed by atoms with van der Waals surface area (Å²) in [6.45, 7) is 2.69. The van der Waals surface area contributed by atoms with Gasteiger partial charge >= 0.3 is 6.18 Å². The van der Waals surface area contributed by atoms with Gasteiger partial charge in [-0.1, -0.05) is 37.1 Å². The third kappa shape index (κ3) is 4.47. The Morgan fingerprint density at radius 3 is 2.48 bits per heavy atom. The Morgan fingerprint density at radius 2 is 1.80 bits per heavy atom. The quantitative estimate of drug-likeness (QED) is 0.260. The molecule has 9 rings (SSSR count). The smallest absolute Gasteiger partial charge is 0.339 e. The van der Waals surface area contributed by atoms with E-state index in [1.807, 2.05) is 17.0 Å². The molecule has 1 amide bonds. The maximum absolute atomic E-state index is 14.6. The maximum Gasteiger partial charge on any atom is 0.451 e. The average Bonchev–Trinajstić information content (AvgIpc) is 3.51. The summed E-state index contributed by atoms with van der Waals surface area (Å²) < 4.78 is 59.4. The van der Waals surface area contributed by atoms with E-state index in [-0.39, 0.29) is 41.9 Å². The Balaban J connectivity index is 1.06. The molecule has 6 aliphatic carbocycles. The highest BCUT2D eigenvalue weighted by Crippen LogP contribution is 2.70. The first-order valence-corrected chi connectivity index (χ1v) is 15.7. The van der Waals surface area contributed by atoms with Crippen molar-refractivity contribution in [1.29, 1.82) is 0 Å². The Hall–Kier alpha value is -3.37. The molecule has 0 radical (unpaired) electrons. The lowest BCUT2D eigenvalue weighted by Crippen LogP contribution is -2.70. The topological polar surface area (TPSA) is 85.0 Å². The van der Waals surface area contributed by atoms with Crippen molar-refractivity contribution in [3.63, 3.8) is 0 Å². The molecule has 11 heteroatoms. The molecule has 232 valence electrons. The summed E-state index contributed by atoms with van der Waals surface area (Å²) in [5, 5.41) is 4.48. The molecule has 6 fully saturated rings. The normalized spacial score (nSPS) is 33.2. The number of halogens is 4. The van der Waals surface area contributed by atoms with E-state index in [0.29, 0.717) is 29.3 Å². The lowest BCUT2D eigenvalue weighted by molar-refractivity contribution is -0.211. The van der Waals surface area contributed by atoms with Gasteiger partial charge in [0.25, 0.3) is 0 Å². The molecular weight excluding hydrogens is 574 g/mol. The number of fused-ring (bicyclic) bond motifs is 2. The molecule has 44 heavy (non-hydrogen) atoms. The Labute approximate surface area is 252 Å². The zero-order chi connectivity index (χ0) is 30.5. The highest BCUT2D eigenvalue weighted by Gasteiger charge is 2.73. The molecule has 1 aromatic carbocycles. The van der Waals surface area contributed by atoms with E-state index < -0.39 is 23.1 Å². The number of nitrogens with zero attached hydrogens (tertiary/aromatic N) is 5. The van der Waals surface area contributed by atoms with Crippen LogP contribution in [0.4, 0.5) is 23.2 Å². The molecule has 2 heterocycles. The number of aromatic nitrogens is 4. The second-order valence-electron chi connectivity index (χ2n) is 14.6. The van der Waals surface area contributed by atoms with Crippen LogP contribution in [-0.4, -0.2) is 38.2 Å². The standard InChI is InChI=1S/C33H35F4N5O2/c1-29(10-11-29)27-40-25(41-44-27)30-8-3-5-21(13-30)22(7-9-30)16-42(28(43)31-17-32(34,18-31)19-31)24-6-2-4-20(12-24)23-14-38-26(39-15-23)33(35,36)37/h2,4,6,12,14-15,21-22H,3,5,7-11,13,16-19H2,1H3. The Morgan fingerprint density at radius 1 is 1.05 bits per heavy atom. The molecule has 3 aromatic rings. The largest absolute Gasteiger partial charge is 0.451 e. The monoisotopic (exact) mass is 609 g/mol. The SMILES string of the molecule is CC1(c2nc(C34CCCC(C3)C(CN(C(=O)C35CC(F)(C3)C5)c3cccc(-c5cnc(C(F)(F)F)nc5)c3)CC4)no2)CC1. The second-order valence-corrected chi connectivity index (χ2v) is 14.6. The first-order chi connectivity index (χ1) is 20.9. The minimum Gasteiger partial charge on any atom is -0.339 e. The summed E-state index contributed by atoms with van der Waals surface area (Å²) in [5.41, 5.74) is -0.241. The van der Waals surface area contributed by atoms with Gasteiger partial charge in [-0.3, -0.25) is 4.79 Å². The number of anilines is 1. The minimum absolute atomic E-state index is 0.0225. The lowest BCUT2D eigenvalue weighted by atomic mass is 9.42. The number of rotatable bonds is 7. The van der Waals surface area contributed by atoms with Gasteiger partial charge in [-0.2, -0.15) is 18.2 Å². The lowest BCUT2D eigenvalue weighted by Gasteiger charge is -2.65. The van der Waals surface area contributed by atoms with Crippen LogP contribution in [0.5, 0.6) is 0 Å². The average molecular weight is 610 g/mol. The number of carbonyl (C=O) groups is 1. The molecule has 6 aliphatic rings. The van der Waals surface area contributed by atoms with Crippen LogP contribution in [-0.2, 0) is 21.8 Å². The molecule has 0 spiro atoms. The zero-order valence-electron chi connectivity index (χ0n) is 24.7. The van der Waals surface area contributed by atoms with Crippen LogP contribution in [0.1, 0.15) is 95.1 Å². The van der Waals surface area contributed by atoms with Crippen LogP contribution in [0.3, 0.4) is 0 Å². The van der Waals surface area contributed by atoms with Crippen LogP contribution in [0.2, 0.25) is 0 Å². The van der Waals surface area contributed by atoms with Crippen molar-refractivity contribution in [2.75, 3.05) is 11.4 Å². The van der Waals surface area contributed by atoms with Gasteiger partial charge in [0, 0.05) is 41.0 Å². The number of hydrogen-bond acceptors (Lipinski definition) is 6. The Bertz CT molecular complexity index is 1600. The highest BCUT2D eigenvalue weighted by atomic mass is 19.4. The summed E-state index contributed by atoms with van der Waals surface area (Å²) in [6, 6.07) is 7.24. The molecule has 3 unspecified atom stereocenters. The molecular formula is C33H35F4N5O2. The molecule has 0 N–H and O–H groups in total. The van der Waals surface area contributed by atoms with Crippen molar-refractivity contribution in [3.05, 3.63) is 54.2 Å². The molecule has 0 saturated heterocycles. The summed E-state index contributed by atoms with van der Waals surface area (Å²) in [5.74, 6) is 0.988. The summed E-state index contributed by atoms with van der Waals surface area (Å²) in [6.07, 6.45) is 6.59. The fraction of sp³-hybridized carbons (Fsp3) is 0.606. The fourth-order valence-electron chi connectivity index (χ4n) is 8.57. The predicted molar refractivity (Wildman–Crippen MR) is 152 cm³/mol. The fourth-order valence-corrected chi connectivity index (χ4v) is 8.57. The van der Waals surface area contributed by atoms with Gasteiger partial charge in [-0.25, -0.2) is 14.4 Å². The van der Waals surface area contributed by atoms with Gasteiger partial charge in [-0.15, -0.1) is 0 Å². The predicted octanol–water partition coefficient (Wildman–Crippen LogP) is 7.36. The summed E-state index contributed by atoms with van der Waals surface area (Å²) in [4.78, 5) is 27.9. The van der Waals surface area contributed by atoms with Gasteiger partial charge in [0.05, 0.1) is 5.41 Å². The number of benzene rings is 1. The third-order valence-electron chi connectivity index (χ3n) is 11.4. The Kier molecular flexibility index (Phi) is 5.96. The van der Waals surface area contributed by atoms with Gasteiger partial charge < -0.3 is 9.42 Å². The first-order valence-electron chi connectivity index (χ1n) is 15.7. The van der Waals surface area contributed by atoms with E-state index >= 15 is 0 Å². The number of amides is 1. The van der Waals surface area contributed by atoms with Crippen LogP contribution < -0.4 is 4.90 Å². The summed E-state index contributed by atoms with van der Waals surface area (Å²) in [7, 11) is 0.